The van der Waals surface area contributed by atoms with Gasteiger partial charge in [0.15, 0.2) is 0 Å². The molecule has 1 fully saturated rings. The molecule has 0 heterocycles. The molecule has 1 nitrogen and oxygen atoms in total. The standard InChI is InChI=1S/C9H15N/c1-10(2)9-5-3-8(7-9)4-6-9/h3,5,8H,4,6-7H2,1-2H3. The van der Waals surface area contributed by atoms with Gasteiger partial charge in [-0.2, -0.15) is 0 Å². The zero-order valence-corrected chi connectivity index (χ0v) is 6.80. The molecule has 2 rings (SSSR count). The molecule has 2 aliphatic rings. The van der Waals surface area contributed by atoms with Gasteiger partial charge in [0, 0.05) is 5.54 Å². The number of allylic oxidation sites excluding steroid dienone is 1. The second kappa shape index (κ2) is 1.85. The van der Waals surface area contributed by atoms with Crippen LogP contribution in [-0.2, 0) is 0 Å². The molecule has 0 radical (unpaired) electrons. The van der Waals surface area contributed by atoms with Crippen molar-refractivity contribution in [1.82, 2.24) is 4.90 Å². The molecule has 2 aliphatic carbocycles. The van der Waals surface area contributed by atoms with E-state index in [2.05, 4.69) is 31.1 Å². The Labute approximate surface area is 62.7 Å². The van der Waals surface area contributed by atoms with Gasteiger partial charge >= 0.3 is 0 Å². The molecule has 0 N–H and O–H groups in total. The maximum atomic E-state index is 2.40. The molecule has 0 aromatic rings. The molecule has 0 aromatic heterocycles. The number of nitrogens with zero attached hydrogens (tertiary/aromatic N) is 1. The van der Waals surface area contributed by atoms with Crippen LogP contribution in [0.5, 0.6) is 0 Å². The summed E-state index contributed by atoms with van der Waals surface area (Å²) in [7, 11) is 4.38. The van der Waals surface area contributed by atoms with Gasteiger partial charge in [-0.05, 0) is 39.3 Å². The van der Waals surface area contributed by atoms with Crippen molar-refractivity contribution >= 4 is 0 Å². The predicted molar refractivity (Wildman–Crippen MR) is 42.9 cm³/mol. The molecule has 2 bridgehead atoms. The Morgan fingerprint density at radius 2 is 2.30 bits per heavy atom. The highest BCUT2D eigenvalue weighted by atomic mass is 15.1. The number of likely N-dealkylation sites (N-methyl/N-ethyl adjacent to an activating group) is 1. The van der Waals surface area contributed by atoms with Gasteiger partial charge in [0.1, 0.15) is 0 Å². The summed E-state index contributed by atoms with van der Waals surface area (Å²) in [6.45, 7) is 0. The van der Waals surface area contributed by atoms with Crippen LogP contribution < -0.4 is 0 Å². The topological polar surface area (TPSA) is 3.24 Å². The van der Waals surface area contributed by atoms with E-state index in [4.69, 9.17) is 0 Å². The van der Waals surface area contributed by atoms with Gasteiger partial charge in [0.2, 0.25) is 0 Å². The number of rotatable bonds is 1. The fourth-order valence-electron chi connectivity index (χ4n) is 2.28. The van der Waals surface area contributed by atoms with Crippen LogP contribution in [-0.4, -0.2) is 24.5 Å². The lowest BCUT2D eigenvalue weighted by Crippen LogP contribution is -2.38. The first kappa shape index (κ1) is 6.41. The molecule has 0 spiro atoms. The van der Waals surface area contributed by atoms with Gasteiger partial charge in [-0.15, -0.1) is 0 Å². The molecular formula is C9H15N. The van der Waals surface area contributed by atoms with E-state index in [-0.39, 0.29) is 0 Å². The number of hydrogen-bond acceptors (Lipinski definition) is 1. The lowest BCUT2D eigenvalue weighted by molar-refractivity contribution is 0.218. The summed E-state index contributed by atoms with van der Waals surface area (Å²) in [4.78, 5) is 2.37. The summed E-state index contributed by atoms with van der Waals surface area (Å²) in [6.07, 6.45) is 8.96. The average molecular weight is 137 g/mol. The molecule has 1 heteroatoms. The van der Waals surface area contributed by atoms with E-state index in [1.807, 2.05) is 0 Å². The molecule has 2 unspecified atom stereocenters. The van der Waals surface area contributed by atoms with Gasteiger partial charge in [-0.3, -0.25) is 0 Å². The zero-order valence-electron chi connectivity index (χ0n) is 6.80. The average Bonchev–Trinajstić information content (AvgIpc) is 2.45. The molecule has 1 saturated carbocycles. The monoisotopic (exact) mass is 137 g/mol. The minimum atomic E-state index is 0.463. The maximum absolute atomic E-state index is 2.40. The molecule has 56 valence electrons. The van der Waals surface area contributed by atoms with Crippen molar-refractivity contribution in [2.45, 2.75) is 24.8 Å². The Hall–Kier alpha value is -0.300. The van der Waals surface area contributed by atoms with Crippen molar-refractivity contribution in [1.29, 1.82) is 0 Å². The summed E-state index contributed by atoms with van der Waals surface area (Å²) in [5.41, 5.74) is 0.463. The van der Waals surface area contributed by atoms with Crippen LogP contribution in [0.1, 0.15) is 19.3 Å². The normalized spacial score (nSPS) is 43.7. The van der Waals surface area contributed by atoms with E-state index in [9.17, 15) is 0 Å². The van der Waals surface area contributed by atoms with E-state index in [0.29, 0.717) is 5.54 Å². The fraction of sp³-hybridized carbons (Fsp3) is 0.778. The van der Waals surface area contributed by atoms with Crippen LogP contribution in [0, 0.1) is 5.92 Å². The van der Waals surface area contributed by atoms with Gasteiger partial charge < -0.3 is 4.90 Å². The third kappa shape index (κ3) is 0.671. The van der Waals surface area contributed by atoms with Crippen LogP contribution in [0.4, 0.5) is 0 Å². The van der Waals surface area contributed by atoms with E-state index in [1.165, 1.54) is 19.3 Å². The Kier molecular flexibility index (Phi) is 1.19. The third-order valence-corrected chi connectivity index (χ3v) is 3.13. The smallest absolute Gasteiger partial charge is 0.0391 e. The highest BCUT2D eigenvalue weighted by molar-refractivity contribution is 5.20. The van der Waals surface area contributed by atoms with Gasteiger partial charge in [0.25, 0.3) is 0 Å². The van der Waals surface area contributed by atoms with E-state index in [1.54, 1.807) is 0 Å². The van der Waals surface area contributed by atoms with Crippen molar-refractivity contribution in [3.05, 3.63) is 12.2 Å². The van der Waals surface area contributed by atoms with Gasteiger partial charge in [-0.1, -0.05) is 12.2 Å². The highest BCUT2D eigenvalue weighted by Crippen LogP contribution is 2.44. The summed E-state index contributed by atoms with van der Waals surface area (Å²) in [5.74, 6) is 0.905. The largest absolute Gasteiger partial charge is 0.300 e. The lowest BCUT2D eigenvalue weighted by atomic mass is 9.98. The van der Waals surface area contributed by atoms with Crippen LogP contribution in [0.3, 0.4) is 0 Å². The first-order valence-corrected chi connectivity index (χ1v) is 4.10. The maximum Gasteiger partial charge on any atom is 0.0391 e. The van der Waals surface area contributed by atoms with Crippen LogP contribution in [0.25, 0.3) is 0 Å². The lowest BCUT2D eigenvalue weighted by Gasteiger charge is -2.31. The van der Waals surface area contributed by atoms with Crippen LogP contribution in [0.15, 0.2) is 12.2 Å². The Balaban J connectivity index is 2.24. The van der Waals surface area contributed by atoms with E-state index < -0.39 is 0 Å². The molecule has 0 amide bonds. The van der Waals surface area contributed by atoms with Crippen molar-refractivity contribution in [3.63, 3.8) is 0 Å². The third-order valence-electron chi connectivity index (χ3n) is 3.13. The summed E-state index contributed by atoms with van der Waals surface area (Å²) in [6, 6.07) is 0. The second-order valence-electron chi connectivity index (χ2n) is 3.86. The summed E-state index contributed by atoms with van der Waals surface area (Å²) >= 11 is 0. The zero-order chi connectivity index (χ0) is 7.19. The molecule has 2 atom stereocenters. The van der Waals surface area contributed by atoms with Gasteiger partial charge in [-0.25, -0.2) is 0 Å². The molecule has 0 aliphatic heterocycles. The first-order chi connectivity index (χ1) is 4.73. The van der Waals surface area contributed by atoms with Crippen LogP contribution >= 0.6 is 0 Å². The number of hydrogen-bond donors (Lipinski definition) is 0. The summed E-state index contributed by atoms with van der Waals surface area (Å²) in [5, 5.41) is 0. The van der Waals surface area contributed by atoms with Crippen molar-refractivity contribution < 1.29 is 0 Å². The SMILES string of the molecule is CN(C)C12C=CC(CC1)C2. The minimum absolute atomic E-state index is 0.463. The molecule has 0 aromatic carbocycles. The first-order valence-electron chi connectivity index (χ1n) is 4.10. The fourth-order valence-corrected chi connectivity index (χ4v) is 2.28. The molecule has 0 saturated heterocycles. The Morgan fingerprint density at radius 3 is 2.50 bits per heavy atom. The minimum Gasteiger partial charge on any atom is -0.300 e. The van der Waals surface area contributed by atoms with E-state index in [0.717, 1.165) is 5.92 Å². The van der Waals surface area contributed by atoms with Crippen molar-refractivity contribution in [3.8, 4) is 0 Å². The number of fused-ring (bicyclic) bond motifs is 2. The summed E-state index contributed by atoms with van der Waals surface area (Å²) < 4.78 is 0. The second-order valence-corrected chi connectivity index (χ2v) is 3.86. The van der Waals surface area contributed by atoms with Crippen LogP contribution in [0.2, 0.25) is 0 Å². The molecule has 10 heavy (non-hydrogen) atoms. The van der Waals surface area contributed by atoms with Crippen molar-refractivity contribution in [2.75, 3.05) is 14.1 Å². The Bertz CT molecular complexity index is 172. The Morgan fingerprint density at radius 1 is 1.50 bits per heavy atom. The predicted octanol–water partition coefficient (Wildman–Crippen LogP) is 1.66. The van der Waals surface area contributed by atoms with Crippen molar-refractivity contribution in [2.24, 2.45) is 5.92 Å². The van der Waals surface area contributed by atoms with E-state index >= 15 is 0 Å². The highest BCUT2D eigenvalue weighted by Gasteiger charge is 2.41. The van der Waals surface area contributed by atoms with Gasteiger partial charge in [0.05, 0.1) is 0 Å². The molecular weight excluding hydrogens is 122 g/mol. The quantitative estimate of drug-likeness (QED) is 0.497.